The summed E-state index contributed by atoms with van der Waals surface area (Å²) in [4.78, 5) is 48.8. The molecule has 1 atom stereocenters. The average molecular weight is 583 g/mol. The number of amides is 1. The van der Waals surface area contributed by atoms with E-state index in [9.17, 15) is 9.59 Å². The smallest absolute Gasteiger partial charge is 0.267 e. The van der Waals surface area contributed by atoms with Gasteiger partial charge in [0, 0.05) is 19.8 Å². The summed E-state index contributed by atoms with van der Waals surface area (Å²) < 4.78 is 6.76. The SMILES string of the molecule is COc1ccc(CN2CN(C)C(=O)c3c(N[C@@H](C)c4nc5cccc(Cl)c5c(=O)n4-c4cccnc4)ncnc32)cc1. The second kappa shape index (κ2) is 11.1. The van der Waals surface area contributed by atoms with E-state index in [1.54, 1.807) is 61.8 Å². The quantitative estimate of drug-likeness (QED) is 0.297. The Morgan fingerprint density at radius 2 is 1.88 bits per heavy atom. The highest BCUT2D eigenvalue weighted by Gasteiger charge is 2.33. The number of hydrogen-bond donors (Lipinski definition) is 1. The Labute approximate surface area is 246 Å². The molecule has 1 amide bonds. The number of nitrogens with zero attached hydrogens (tertiary/aromatic N) is 7. The molecule has 0 unspecified atom stereocenters. The summed E-state index contributed by atoms with van der Waals surface area (Å²) >= 11 is 6.42. The van der Waals surface area contributed by atoms with Gasteiger partial charge in [-0.05, 0) is 48.9 Å². The number of halogens is 1. The van der Waals surface area contributed by atoms with Gasteiger partial charge in [-0.3, -0.25) is 19.1 Å². The number of hydrogen-bond acceptors (Lipinski definition) is 9. The minimum Gasteiger partial charge on any atom is -0.497 e. The van der Waals surface area contributed by atoms with E-state index in [0.29, 0.717) is 57.8 Å². The molecule has 0 saturated heterocycles. The van der Waals surface area contributed by atoms with Gasteiger partial charge in [-0.1, -0.05) is 29.8 Å². The van der Waals surface area contributed by atoms with Gasteiger partial charge in [0.05, 0.1) is 47.6 Å². The van der Waals surface area contributed by atoms with Gasteiger partial charge >= 0.3 is 0 Å². The zero-order valence-electron chi connectivity index (χ0n) is 23.2. The minimum absolute atomic E-state index is 0.214. The minimum atomic E-state index is -0.560. The van der Waals surface area contributed by atoms with Crippen LogP contribution in [0, 0.1) is 0 Å². The van der Waals surface area contributed by atoms with Crippen molar-refractivity contribution in [3.05, 3.63) is 106 Å². The molecule has 5 aromatic rings. The van der Waals surface area contributed by atoms with Crippen molar-refractivity contribution in [2.45, 2.75) is 19.5 Å². The van der Waals surface area contributed by atoms with Crippen molar-refractivity contribution in [1.82, 2.24) is 29.4 Å². The zero-order chi connectivity index (χ0) is 29.4. The fraction of sp³-hybridized carbons (Fsp3) is 0.200. The zero-order valence-corrected chi connectivity index (χ0v) is 23.9. The molecule has 4 heterocycles. The Balaban J connectivity index is 1.41. The second-order valence-corrected chi connectivity index (χ2v) is 10.3. The van der Waals surface area contributed by atoms with E-state index in [4.69, 9.17) is 21.3 Å². The van der Waals surface area contributed by atoms with Crippen LogP contribution in [0.2, 0.25) is 5.02 Å². The highest BCUT2D eigenvalue weighted by atomic mass is 35.5. The largest absolute Gasteiger partial charge is 0.497 e. The third kappa shape index (κ3) is 4.88. The number of carbonyl (C=O) groups is 1. The Morgan fingerprint density at radius 1 is 1.07 bits per heavy atom. The van der Waals surface area contributed by atoms with Crippen molar-refractivity contribution in [2.24, 2.45) is 0 Å². The summed E-state index contributed by atoms with van der Waals surface area (Å²) in [6.07, 6.45) is 4.64. The number of rotatable bonds is 7. The van der Waals surface area contributed by atoms with E-state index in [1.165, 1.54) is 10.9 Å². The number of ether oxygens (including phenoxy) is 1. The number of aromatic nitrogens is 5. The molecule has 42 heavy (non-hydrogen) atoms. The van der Waals surface area contributed by atoms with Crippen LogP contribution in [0.5, 0.6) is 5.75 Å². The monoisotopic (exact) mass is 582 g/mol. The van der Waals surface area contributed by atoms with Gasteiger partial charge in [0.1, 0.15) is 35.1 Å². The lowest BCUT2D eigenvalue weighted by Gasteiger charge is -2.36. The molecule has 2 aromatic carbocycles. The first kappa shape index (κ1) is 27.2. The summed E-state index contributed by atoms with van der Waals surface area (Å²) in [7, 11) is 3.36. The van der Waals surface area contributed by atoms with Crippen LogP contribution in [-0.4, -0.2) is 56.1 Å². The highest BCUT2D eigenvalue weighted by molar-refractivity contribution is 6.35. The van der Waals surface area contributed by atoms with Crippen LogP contribution in [-0.2, 0) is 6.54 Å². The molecule has 0 radical (unpaired) electrons. The molecule has 1 N–H and O–H groups in total. The first-order chi connectivity index (χ1) is 20.4. The van der Waals surface area contributed by atoms with Crippen molar-refractivity contribution in [2.75, 3.05) is 31.0 Å². The molecule has 0 aliphatic carbocycles. The van der Waals surface area contributed by atoms with E-state index >= 15 is 0 Å². The number of anilines is 2. The van der Waals surface area contributed by atoms with E-state index in [1.807, 2.05) is 36.1 Å². The van der Waals surface area contributed by atoms with Crippen LogP contribution >= 0.6 is 11.6 Å². The molecule has 0 fully saturated rings. The summed E-state index contributed by atoms with van der Waals surface area (Å²) in [5, 5.41) is 3.96. The lowest BCUT2D eigenvalue weighted by Crippen LogP contribution is -2.45. The molecule has 12 heteroatoms. The summed E-state index contributed by atoms with van der Waals surface area (Å²) in [5.74, 6) is 1.81. The molecule has 1 aliphatic rings. The van der Waals surface area contributed by atoms with Gasteiger partial charge in [-0.25, -0.2) is 15.0 Å². The molecule has 0 saturated carbocycles. The third-order valence-corrected chi connectivity index (χ3v) is 7.43. The molecule has 6 rings (SSSR count). The summed E-state index contributed by atoms with van der Waals surface area (Å²) in [6, 6.07) is 15.9. The Morgan fingerprint density at radius 3 is 2.62 bits per heavy atom. The van der Waals surface area contributed by atoms with Gasteiger partial charge in [0.15, 0.2) is 0 Å². The number of methoxy groups -OCH3 is 1. The van der Waals surface area contributed by atoms with Crippen molar-refractivity contribution in [3.63, 3.8) is 0 Å². The maximum Gasteiger partial charge on any atom is 0.267 e. The van der Waals surface area contributed by atoms with Crippen LogP contribution < -0.4 is 20.5 Å². The number of benzene rings is 2. The van der Waals surface area contributed by atoms with Crippen molar-refractivity contribution < 1.29 is 9.53 Å². The van der Waals surface area contributed by atoms with Gasteiger partial charge in [-0.2, -0.15) is 0 Å². The van der Waals surface area contributed by atoms with Crippen molar-refractivity contribution in [1.29, 1.82) is 0 Å². The van der Waals surface area contributed by atoms with E-state index in [0.717, 1.165) is 11.3 Å². The van der Waals surface area contributed by atoms with Gasteiger partial charge < -0.3 is 19.9 Å². The number of nitrogens with one attached hydrogen (secondary N) is 1. The van der Waals surface area contributed by atoms with Gasteiger partial charge in [0.25, 0.3) is 11.5 Å². The van der Waals surface area contributed by atoms with Crippen molar-refractivity contribution >= 4 is 40.0 Å². The number of carbonyl (C=O) groups excluding carboxylic acids is 1. The molecule has 212 valence electrons. The standard InChI is InChI=1S/C30H27ClN8O3/c1-18(27-36-23-8-4-7-22(31)24(23)30(41)39(27)20-6-5-13-32-14-20)35-26-25-28(34-16-33-26)38(17-37(2)29(25)40)15-19-9-11-21(42-3)12-10-19/h4-14,16,18H,15,17H2,1-3H3,(H,33,34,35)/t18-/m0/s1. The Kier molecular flexibility index (Phi) is 7.17. The van der Waals surface area contributed by atoms with E-state index in [2.05, 4.69) is 20.3 Å². The molecular weight excluding hydrogens is 556 g/mol. The first-order valence-electron chi connectivity index (χ1n) is 13.2. The van der Waals surface area contributed by atoms with Crippen molar-refractivity contribution in [3.8, 4) is 11.4 Å². The fourth-order valence-corrected chi connectivity index (χ4v) is 5.33. The second-order valence-electron chi connectivity index (χ2n) is 9.93. The molecular formula is C30H27ClN8O3. The highest BCUT2D eigenvalue weighted by Crippen LogP contribution is 2.32. The van der Waals surface area contributed by atoms with Crippen LogP contribution in [0.3, 0.4) is 0 Å². The maximum absolute atomic E-state index is 13.8. The predicted molar refractivity (Wildman–Crippen MR) is 160 cm³/mol. The van der Waals surface area contributed by atoms with Gasteiger partial charge in [0.2, 0.25) is 0 Å². The molecule has 11 nitrogen and oxygen atoms in total. The van der Waals surface area contributed by atoms with Crippen LogP contribution in [0.25, 0.3) is 16.6 Å². The predicted octanol–water partition coefficient (Wildman–Crippen LogP) is 4.46. The third-order valence-electron chi connectivity index (χ3n) is 7.12. The normalized spacial score (nSPS) is 13.7. The number of fused-ring (bicyclic) bond motifs is 2. The molecule has 0 spiro atoms. The molecule has 3 aromatic heterocycles. The summed E-state index contributed by atoms with van der Waals surface area (Å²) in [6.45, 7) is 2.73. The maximum atomic E-state index is 13.8. The Bertz CT molecular complexity index is 1850. The first-order valence-corrected chi connectivity index (χ1v) is 13.6. The fourth-order valence-electron chi connectivity index (χ4n) is 5.08. The lowest BCUT2D eigenvalue weighted by atomic mass is 10.1. The topological polar surface area (TPSA) is 118 Å². The number of pyridine rings is 1. The van der Waals surface area contributed by atoms with Crippen LogP contribution in [0.15, 0.2) is 78.1 Å². The van der Waals surface area contributed by atoms with Crippen LogP contribution in [0.4, 0.5) is 11.6 Å². The Hall–Kier alpha value is -5.03. The van der Waals surface area contributed by atoms with Crippen LogP contribution in [0.1, 0.15) is 34.7 Å². The average Bonchev–Trinajstić information content (AvgIpc) is 3.00. The van der Waals surface area contributed by atoms with E-state index in [-0.39, 0.29) is 11.5 Å². The van der Waals surface area contributed by atoms with Gasteiger partial charge in [-0.15, -0.1) is 0 Å². The lowest BCUT2D eigenvalue weighted by molar-refractivity contribution is 0.0781. The molecule has 1 aliphatic heterocycles. The summed E-state index contributed by atoms with van der Waals surface area (Å²) in [5.41, 5.74) is 2.04. The molecule has 0 bridgehead atoms. The van der Waals surface area contributed by atoms with E-state index < -0.39 is 6.04 Å².